The average molecular weight is 425 g/mol. The van der Waals surface area contributed by atoms with Crippen molar-refractivity contribution >= 4 is 11.6 Å². The van der Waals surface area contributed by atoms with Gasteiger partial charge in [-0.25, -0.2) is 4.68 Å². The Morgan fingerprint density at radius 2 is 1.50 bits per heavy atom. The lowest BCUT2D eigenvalue weighted by atomic mass is 9.95. The lowest BCUT2D eigenvalue weighted by molar-refractivity contribution is 0.102. The SMILES string of the molecule is CCn1nc(-c2ccccc2)c(-c2ccccc2)c(C(=O)Nc2ccccc2OC)c1=O. The molecule has 0 aliphatic heterocycles. The normalized spacial score (nSPS) is 10.6. The van der Waals surface area contributed by atoms with Gasteiger partial charge in [-0.2, -0.15) is 5.10 Å². The van der Waals surface area contributed by atoms with Crippen molar-refractivity contribution in [3.8, 4) is 28.1 Å². The van der Waals surface area contributed by atoms with Crippen LogP contribution in [-0.4, -0.2) is 22.8 Å². The number of ether oxygens (including phenoxy) is 1. The maximum atomic E-state index is 13.5. The smallest absolute Gasteiger partial charge is 0.280 e. The predicted octanol–water partition coefficient (Wildman–Crippen LogP) is 4.86. The summed E-state index contributed by atoms with van der Waals surface area (Å²) < 4.78 is 6.68. The Balaban J connectivity index is 1.98. The van der Waals surface area contributed by atoms with E-state index in [1.807, 2.05) is 73.7 Å². The first-order valence-electron chi connectivity index (χ1n) is 10.3. The first-order valence-corrected chi connectivity index (χ1v) is 10.3. The third kappa shape index (κ3) is 4.03. The highest BCUT2D eigenvalue weighted by Crippen LogP contribution is 2.33. The van der Waals surface area contributed by atoms with Crippen LogP contribution in [0.25, 0.3) is 22.4 Å². The van der Waals surface area contributed by atoms with Crippen LogP contribution in [0.3, 0.4) is 0 Å². The molecular weight excluding hydrogens is 402 g/mol. The number of rotatable bonds is 6. The van der Waals surface area contributed by atoms with Crippen LogP contribution in [0.2, 0.25) is 0 Å². The summed E-state index contributed by atoms with van der Waals surface area (Å²) >= 11 is 0. The zero-order valence-electron chi connectivity index (χ0n) is 17.9. The second kappa shape index (κ2) is 9.31. The molecule has 4 rings (SSSR count). The molecule has 6 heteroatoms. The first-order chi connectivity index (χ1) is 15.6. The molecule has 0 radical (unpaired) electrons. The topological polar surface area (TPSA) is 73.2 Å². The number of nitrogens with zero attached hydrogens (tertiary/aromatic N) is 2. The summed E-state index contributed by atoms with van der Waals surface area (Å²) in [5.74, 6) is -0.00426. The fourth-order valence-corrected chi connectivity index (χ4v) is 3.61. The minimum absolute atomic E-state index is 0.0396. The number of carbonyl (C=O) groups is 1. The monoisotopic (exact) mass is 425 g/mol. The molecule has 0 spiro atoms. The quantitative estimate of drug-likeness (QED) is 0.479. The minimum atomic E-state index is -0.514. The van der Waals surface area contributed by atoms with E-state index in [9.17, 15) is 9.59 Å². The molecule has 3 aromatic carbocycles. The van der Waals surface area contributed by atoms with Gasteiger partial charge in [0.15, 0.2) is 0 Å². The van der Waals surface area contributed by atoms with Crippen molar-refractivity contribution in [3.63, 3.8) is 0 Å². The van der Waals surface area contributed by atoms with E-state index in [4.69, 9.17) is 4.74 Å². The summed E-state index contributed by atoms with van der Waals surface area (Å²) in [5, 5.41) is 7.47. The predicted molar refractivity (Wildman–Crippen MR) is 126 cm³/mol. The molecule has 1 amide bonds. The first kappa shape index (κ1) is 21.1. The lowest BCUT2D eigenvalue weighted by Gasteiger charge is -2.17. The molecule has 1 heterocycles. The number of amides is 1. The molecule has 0 saturated heterocycles. The maximum Gasteiger partial charge on any atom is 0.280 e. The van der Waals surface area contributed by atoms with Gasteiger partial charge in [0.1, 0.15) is 11.3 Å². The van der Waals surface area contributed by atoms with Crippen LogP contribution < -0.4 is 15.6 Å². The zero-order chi connectivity index (χ0) is 22.5. The van der Waals surface area contributed by atoms with Crippen LogP contribution >= 0.6 is 0 Å². The molecule has 32 heavy (non-hydrogen) atoms. The molecule has 0 fully saturated rings. The Bertz CT molecular complexity index is 1300. The largest absolute Gasteiger partial charge is 0.495 e. The molecular formula is C26H23N3O3. The summed E-state index contributed by atoms with van der Waals surface area (Å²) in [6.07, 6.45) is 0. The van der Waals surface area contributed by atoms with Crippen molar-refractivity contribution in [2.45, 2.75) is 13.5 Å². The summed E-state index contributed by atoms with van der Waals surface area (Å²) in [7, 11) is 1.53. The number of methoxy groups -OCH3 is 1. The third-order valence-corrected chi connectivity index (χ3v) is 5.15. The van der Waals surface area contributed by atoms with Crippen molar-refractivity contribution in [3.05, 3.63) is 101 Å². The molecule has 160 valence electrons. The van der Waals surface area contributed by atoms with E-state index in [1.165, 1.54) is 11.8 Å². The van der Waals surface area contributed by atoms with Crippen LogP contribution in [0.5, 0.6) is 5.75 Å². The van der Waals surface area contributed by atoms with Gasteiger partial charge in [-0.15, -0.1) is 0 Å². The molecule has 4 aromatic rings. The Kier molecular flexibility index (Phi) is 6.12. The van der Waals surface area contributed by atoms with Gasteiger partial charge in [0.2, 0.25) is 0 Å². The van der Waals surface area contributed by atoms with Crippen molar-refractivity contribution in [2.24, 2.45) is 0 Å². The zero-order valence-corrected chi connectivity index (χ0v) is 17.9. The number of benzene rings is 3. The number of aromatic nitrogens is 2. The average Bonchev–Trinajstić information content (AvgIpc) is 2.85. The number of carbonyl (C=O) groups excluding carboxylic acids is 1. The highest BCUT2D eigenvalue weighted by atomic mass is 16.5. The van der Waals surface area contributed by atoms with E-state index in [0.717, 1.165) is 11.1 Å². The fraction of sp³-hybridized carbons (Fsp3) is 0.115. The van der Waals surface area contributed by atoms with E-state index in [-0.39, 0.29) is 5.56 Å². The summed E-state index contributed by atoms with van der Waals surface area (Å²) in [6, 6.07) is 26.0. The summed E-state index contributed by atoms with van der Waals surface area (Å²) in [6.45, 7) is 2.16. The van der Waals surface area contributed by atoms with E-state index in [2.05, 4.69) is 10.4 Å². The second-order valence-corrected chi connectivity index (χ2v) is 7.11. The molecule has 0 saturated carbocycles. The molecule has 0 unspecified atom stereocenters. The fourth-order valence-electron chi connectivity index (χ4n) is 3.61. The Hall–Kier alpha value is -4.19. The van der Waals surface area contributed by atoms with Gasteiger partial charge >= 0.3 is 0 Å². The van der Waals surface area contributed by atoms with E-state index in [0.29, 0.717) is 29.2 Å². The molecule has 6 nitrogen and oxygen atoms in total. The van der Waals surface area contributed by atoms with Gasteiger partial charge < -0.3 is 10.1 Å². The van der Waals surface area contributed by atoms with Crippen LogP contribution in [0.4, 0.5) is 5.69 Å². The Morgan fingerprint density at radius 3 is 2.12 bits per heavy atom. The van der Waals surface area contributed by atoms with Gasteiger partial charge in [0.25, 0.3) is 11.5 Å². The van der Waals surface area contributed by atoms with Crippen molar-refractivity contribution in [1.29, 1.82) is 0 Å². The number of hydrogen-bond acceptors (Lipinski definition) is 4. The Labute approximate surface area is 186 Å². The number of anilines is 1. The molecule has 1 N–H and O–H groups in total. The number of para-hydroxylation sites is 2. The molecule has 0 bridgehead atoms. The minimum Gasteiger partial charge on any atom is -0.495 e. The van der Waals surface area contributed by atoms with E-state index < -0.39 is 11.5 Å². The Morgan fingerprint density at radius 1 is 0.906 bits per heavy atom. The standard InChI is InChI=1S/C26H23N3O3/c1-3-29-26(31)23(25(30)27-20-16-10-11-17-21(20)32-2)22(18-12-6-4-7-13-18)24(28-29)19-14-8-5-9-15-19/h4-17H,3H2,1-2H3,(H,27,30). The molecule has 0 aliphatic carbocycles. The highest BCUT2D eigenvalue weighted by Gasteiger charge is 2.25. The lowest BCUT2D eigenvalue weighted by Crippen LogP contribution is -2.32. The van der Waals surface area contributed by atoms with Gasteiger partial charge in [-0.05, 0) is 24.6 Å². The highest BCUT2D eigenvalue weighted by molar-refractivity contribution is 6.10. The van der Waals surface area contributed by atoms with Gasteiger partial charge in [-0.1, -0.05) is 72.8 Å². The van der Waals surface area contributed by atoms with Crippen molar-refractivity contribution < 1.29 is 9.53 Å². The van der Waals surface area contributed by atoms with Crippen LogP contribution in [0.15, 0.2) is 89.7 Å². The van der Waals surface area contributed by atoms with Gasteiger partial charge in [0, 0.05) is 17.7 Å². The molecule has 0 aliphatic rings. The van der Waals surface area contributed by atoms with E-state index in [1.54, 1.807) is 18.2 Å². The summed E-state index contributed by atoms with van der Waals surface area (Å²) in [5.41, 5.74) is 2.71. The molecule has 1 aromatic heterocycles. The van der Waals surface area contributed by atoms with Crippen LogP contribution in [0.1, 0.15) is 17.3 Å². The molecule has 0 atom stereocenters. The summed E-state index contributed by atoms with van der Waals surface area (Å²) in [4.78, 5) is 26.9. The van der Waals surface area contributed by atoms with E-state index >= 15 is 0 Å². The van der Waals surface area contributed by atoms with Crippen molar-refractivity contribution in [1.82, 2.24) is 9.78 Å². The number of hydrogen-bond donors (Lipinski definition) is 1. The van der Waals surface area contributed by atoms with Gasteiger partial charge in [-0.3, -0.25) is 9.59 Å². The maximum absolute atomic E-state index is 13.5. The van der Waals surface area contributed by atoms with Crippen LogP contribution in [-0.2, 0) is 6.54 Å². The number of nitrogens with one attached hydrogen (secondary N) is 1. The van der Waals surface area contributed by atoms with Crippen LogP contribution in [0, 0.1) is 0 Å². The van der Waals surface area contributed by atoms with Gasteiger partial charge in [0.05, 0.1) is 18.5 Å². The van der Waals surface area contributed by atoms with Crippen molar-refractivity contribution in [2.75, 3.05) is 12.4 Å². The number of aryl methyl sites for hydroxylation is 1. The second-order valence-electron chi connectivity index (χ2n) is 7.11. The third-order valence-electron chi connectivity index (χ3n) is 5.15.